The molecule has 13 heavy (non-hydrogen) atoms. The van der Waals surface area contributed by atoms with Crippen molar-refractivity contribution in [1.82, 2.24) is 4.90 Å². The van der Waals surface area contributed by atoms with Crippen molar-refractivity contribution in [1.29, 1.82) is 0 Å². The molecular formula is C10H19NO2. The van der Waals surface area contributed by atoms with Crippen LogP contribution in [0.4, 0.5) is 4.79 Å². The number of rotatable bonds is 0. The van der Waals surface area contributed by atoms with E-state index < -0.39 is 6.09 Å². The maximum Gasteiger partial charge on any atom is 0.407 e. The van der Waals surface area contributed by atoms with E-state index in [-0.39, 0.29) is 11.5 Å². The number of nitrogens with zero attached hydrogens (tertiary/aromatic N) is 1. The largest absolute Gasteiger partial charge is 0.465 e. The van der Waals surface area contributed by atoms with Crippen molar-refractivity contribution in [3.8, 4) is 0 Å². The molecular weight excluding hydrogens is 166 g/mol. The Hall–Kier alpha value is -0.730. The molecule has 3 nitrogen and oxygen atoms in total. The summed E-state index contributed by atoms with van der Waals surface area (Å²) in [5.41, 5.74) is 0.0587. The van der Waals surface area contributed by atoms with E-state index in [1.807, 2.05) is 0 Å². The van der Waals surface area contributed by atoms with Gasteiger partial charge >= 0.3 is 6.09 Å². The molecule has 0 aromatic carbocycles. The Balaban J connectivity index is 2.78. The van der Waals surface area contributed by atoms with Gasteiger partial charge in [-0.15, -0.1) is 0 Å². The van der Waals surface area contributed by atoms with Crippen molar-refractivity contribution >= 4 is 6.09 Å². The van der Waals surface area contributed by atoms with Crippen LogP contribution in [0.2, 0.25) is 0 Å². The lowest BCUT2D eigenvalue weighted by Crippen LogP contribution is -2.42. The molecule has 1 heterocycles. The Bertz CT molecular complexity index is 207. The highest BCUT2D eigenvalue weighted by Crippen LogP contribution is 2.35. The van der Waals surface area contributed by atoms with Crippen molar-refractivity contribution in [2.75, 3.05) is 6.54 Å². The van der Waals surface area contributed by atoms with Crippen LogP contribution in [0.1, 0.15) is 34.1 Å². The lowest BCUT2D eigenvalue weighted by molar-refractivity contribution is 0.106. The van der Waals surface area contributed by atoms with Crippen LogP contribution < -0.4 is 0 Å². The number of amides is 1. The number of carbonyl (C=O) groups is 1. The molecule has 0 bridgehead atoms. The summed E-state index contributed by atoms with van der Waals surface area (Å²) in [6.07, 6.45) is 0.222. The van der Waals surface area contributed by atoms with E-state index in [1.54, 1.807) is 4.90 Å². The zero-order valence-electron chi connectivity index (χ0n) is 8.87. The van der Waals surface area contributed by atoms with Crippen LogP contribution in [0.15, 0.2) is 0 Å². The fraction of sp³-hybridized carbons (Fsp3) is 0.900. The fourth-order valence-electron chi connectivity index (χ4n) is 2.08. The summed E-state index contributed by atoms with van der Waals surface area (Å²) in [7, 11) is 0. The van der Waals surface area contributed by atoms with Crippen molar-refractivity contribution in [2.24, 2.45) is 11.3 Å². The smallest absolute Gasteiger partial charge is 0.407 e. The molecule has 1 fully saturated rings. The minimum atomic E-state index is -0.774. The van der Waals surface area contributed by atoms with Gasteiger partial charge in [0.15, 0.2) is 0 Å². The molecule has 1 aliphatic heterocycles. The average molecular weight is 185 g/mol. The molecule has 1 N–H and O–H groups in total. The minimum Gasteiger partial charge on any atom is -0.465 e. The summed E-state index contributed by atoms with van der Waals surface area (Å²) in [6.45, 7) is 9.11. The van der Waals surface area contributed by atoms with E-state index in [9.17, 15) is 4.79 Å². The van der Waals surface area contributed by atoms with Crippen LogP contribution in [-0.4, -0.2) is 28.7 Å². The Morgan fingerprint density at radius 3 is 2.31 bits per heavy atom. The number of hydrogen-bond acceptors (Lipinski definition) is 1. The first-order valence-electron chi connectivity index (χ1n) is 4.82. The highest BCUT2D eigenvalue weighted by Gasteiger charge is 2.39. The summed E-state index contributed by atoms with van der Waals surface area (Å²) in [5.74, 6) is 0.500. The molecule has 2 unspecified atom stereocenters. The lowest BCUT2D eigenvalue weighted by Gasteiger charge is -2.33. The standard InChI is InChI=1S/C10H19NO2/c1-7-5-8(10(2,3)4)11(6-7)9(12)13/h7-8H,5-6H2,1-4H3,(H,12,13). The summed E-state index contributed by atoms with van der Waals surface area (Å²) >= 11 is 0. The summed E-state index contributed by atoms with van der Waals surface area (Å²) in [6, 6.07) is 0.181. The SMILES string of the molecule is CC1CC(C(C)(C)C)N(C(=O)O)C1. The molecule has 1 rings (SSSR count). The van der Waals surface area contributed by atoms with Gasteiger partial charge < -0.3 is 10.0 Å². The topological polar surface area (TPSA) is 40.5 Å². The lowest BCUT2D eigenvalue weighted by atomic mass is 9.84. The van der Waals surface area contributed by atoms with E-state index in [1.165, 1.54) is 0 Å². The van der Waals surface area contributed by atoms with Gasteiger partial charge in [-0.05, 0) is 17.8 Å². The molecule has 1 saturated heterocycles. The maximum absolute atomic E-state index is 10.9. The number of likely N-dealkylation sites (tertiary alicyclic amines) is 1. The second-order valence-electron chi connectivity index (χ2n) is 5.16. The molecule has 1 amide bonds. The third kappa shape index (κ3) is 2.14. The van der Waals surface area contributed by atoms with Gasteiger partial charge in [-0.3, -0.25) is 0 Å². The van der Waals surface area contributed by atoms with E-state index in [0.717, 1.165) is 6.42 Å². The molecule has 0 aromatic rings. The van der Waals surface area contributed by atoms with Gasteiger partial charge in [0.25, 0.3) is 0 Å². The van der Waals surface area contributed by atoms with Crippen LogP contribution in [0.5, 0.6) is 0 Å². The predicted molar refractivity (Wildman–Crippen MR) is 51.8 cm³/mol. The second-order valence-corrected chi connectivity index (χ2v) is 5.16. The van der Waals surface area contributed by atoms with Crippen molar-refractivity contribution < 1.29 is 9.90 Å². The van der Waals surface area contributed by atoms with E-state index in [2.05, 4.69) is 27.7 Å². The summed E-state index contributed by atoms with van der Waals surface area (Å²) in [5, 5.41) is 8.99. The zero-order chi connectivity index (χ0) is 10.2. The zero-order valence-corrected chi connectivity index (χ0v) is 8.87. The van der Waals surface area contributed by atoms with Gasteiger partial charge in [0.2, 0.25) is 0 Å². The minimum absolute atomic E-state index is 0.0587. The van der Waals surface area contributed by atoms with Crippen LogP contribution >= 0.6 is 0 Å². The first kappa shape index (κ1) is 10.4. The Labute approximate surface area is 79.7 Å². The molecule has 0 aliphatic carbocycles. The van der Waals surface area contributed by atoms with Crippen LogP contribution in [0, 0.1) is 11.3 Å². The third-order valence-corrected chi connectivity index (χ3v) is 2.76. The van der Waals surface area contributed by atoms with Crippen molar-refractivity contribution in [3.63, 3.8) is 0 Å². The van der Waals surface area contributed by atoms with Crippen molar-refractivity contribution in [2.45, 2.75) is 40.2 Å². The molecule has 3 heteroatoms. The molecule has 1 aliphatic rings. The normalized spacial score (nSPS) is 29.4. The van der Waals surface area contributed by atoms with Gasteiger partial charge in [0.1, 0.15) is 0 Å². The van der Waals surface area contributed by atoms with Gasteiger partial charge in [-0.1, -0.05) is 27.7 Å². The number of carboxylic acid groups (broad SMARTS) is 1. The first-order chi connectivity index (χ1) is 5.82. The van der Waals surface area contributed by atoms with Crippen LogP contribution in [0.25, 0.3) is 0 Å². The molecule has 76 valence electrons. The van der Waals surface area contributed by atoms with Crippen LogP contribution in [-0.2, 0) is 0 Å². The molecule has 0 spiro atoms. The van der Waals surface area contributed by atoms with E-state index >= 15 is 0 Å². The van der Waals surface area contributed by atoms with Gasteiger partial charge in [-0.2, -0.15) is 0 Å². The van der Waals surface area contributed by atoms with Gasteiger partial charge in [-0.25, -0.2) is 4.79 Å². The van der Waals surface area contributed by atoms with Gasteiger partial charge in [0, 0.05) is 12.6 Å². The van der Waals surface area contributed by atoms with E-state index in [4.69, 9.17) is 5.11 Å². The summed E-state index contributed by atoms with van der Waals surface area (Å²) in [4.78, 5) is 12.5. The molecule has 0 aromatic heterocycles. The quantitative estimate of drug-likeness (QED) is 0.629. The first-order valence-corrected chi connectivity index (χ1v) is 4.82. The third-order valence-electron chi connectivity index (χ3n) is 2.76. The van der Waals surface area contributed by atoms with E-state index in [0.29, 0.717) is 12.5 Å². The number of hydrogen-bond donors (Lipinski definition) is 1. The fourth-order valence-corrected chi connectivity index (χ4v) is 2.08. The average Bonchev–Trinajstić information content (AvgIpc) is 2.29. The molecule has 0 saturated carbocycles. The second kappa shape index (κ2) is 3.20. The maximum atomic E-state index is 10.9. The highest BCUT2D eigenvalue weighted by molar-refractivity contribution is 5.66. The van der Waals surface area contributed by atoms with Crippen molar-refractivity contribution in [3.05, 3.63) is 0 Å². The monoisotopic (exact) mass is 185 g/mol. The Kier molecular flexibility index (Phi) is 2.55. The molecule has 2 atom stereocenters. The van der Waals surface area contributed by atoms with Crippen LogP contribution in [0.3, 0.4) is 0 Å². The highest BCUT2D eigenvalue weighted by atomic mass is 16.4. The Morgan fingerprint density at radius 2 is 2.00 bits per heavy atom. The summed E-state index contributed by atoms with van der Waals surface area (Å²) < 4.78 is 0. The van der Waals surface area contributed by atoms with Gasteiger partial charge in [0.05, 0.1) is 0 Å². The Morgan fingerprint density at radius 1 is 1.46 bits per heavy atom. The molecule has 0 radical (unpaired) electrons. The predicted octanol–water partition coefficient (Wildman–Crippen LogP) is 2.42.